The first kappa shape index (κ1) is 16.3. The van der Waals surface area contributed by atoms with Gasteiger partial charge in [-0.25, -0.2) is 0 Å². The first-order valence-electron chi connectivity index (χ1n) is 8.33. The van der Waals surface area contributed by atoms with Crippen LogP contribution in [-0.2, 0) is 10.3 Å². The minimum Gasteiger partial charge on any atom is -0.496 e. The van der Waals surface area contributed by atoms with Gasteiger partial charge in [-0.2, -0.15) is 0 Å². The second-order valence-electron chi connectivity index (χ2n) is 6.37. The summed E-state index contributed by atoms with van der Waals surface area (Å²) in [6.07, 6.45) is 6.54. The number of nitrogens with one attached hydrogen (secondary N) is 1. The molecule has 0 radical (unpaired) electrons. The highest BCUT2D eigenvalue weighted by molar-refractivity contribution is 5.92. The Balaban J connectivity index is 1.75. The van der Waals surface area contributed by atoms with E-state index >= 15 is 0 Å². The van der Waals surface area contributed by atoms with Gasteiger partial charge in [-0.1, -0.05) is 42.0 Å². The number of carbonyl (C=O) groups excluding carboxylic acids is 1. The van der Waals surface area contributed by atoms with E-state index in [-0.39, 0.29) is 11.4 Å². The Bertz CT molecular complexity index is 746. The van der Waals surface area contributed by atoms with Crippen LogP contribution < -0.4 is 10.1 Å². The number of aryl methyl sites for hydroxylation is 1. The van der Waals surface area contributed by atoms with Crippen LogP contribution in [0.1, 0.15) is 36.0 Å². The van der Waals surface area contributed by atoms with Crippen LogP contribution in [0, 0.1) is 6.92 Å². The van der Waals surface area contributed by atoms with E-state index in [1.165, 1.54) is 5.56 Å². The summed E-state index contributed by atoms with van der Waals surface area (Å²) in [5, 5.41) is 3.20. The van der Waals surface area contributed by atoms with Crippen molar-refractivity contribution in [1.82, 2.24) is 5.32 Å². The van der Waals surface area contributed by atoms with Crippen molar-refractivity contribution in [2.24, 2.45) is 0 Å². The Hall–Kier alpha value is -2.55. The van der Waals surface area contributed by atoms with Crippen molar-refractivity contribution < 1.29 is 9.53 Å². The first-order valence-corrected chi connectivity index (χ1v) is 8.33. The fraction of sp³-hybridized carbons (Fsp3) is 0.286. The zero-order valence-corrected chi connectivity index (χ0v) is 14.2. The van der Waals surface area contributed by atoms with Gasteiger partial charge in [0, 0.05) is 11.6 Å². The molecule has 1 aliphatic rings. The Morgan fingerprint density at radius 2 is 1.92 bits per heavy atom. The third-order valence-electron chi connectivity index (χ3n) is 4.70. The van der Waals surface area contributed by atoms with E-state index in [4.69, 9.17) is 4.74 Å². The van der Waals surface area contributed by atoms with Gasteiger partial charge < -0.3 is 10.1 Å². The van der Waals surface area contributed by atoms with Crippen LogP contribution in [-0.4, -0.2) is 13.0 Å². The van der Waals surface area contributed by atoms with E-state index in [9.17, 15) is 4.79 Å². The monoisotopic (exact) mass is 321 g/mol. The Morgan fingerprint density at radius 3 is 2.54 bits per heavy atom. The topological polar surface area (TPSA) is 38.3 Å². The molecule has 3 nitrogen and oxygen atoms in total. The molecule has 0 aliphatic heterocycles. The molecule has 1 N–H and O–H groups in total. The Labute approximate surface area is 143 Å². The molecule has 1 aliphatic carbocycles. The van der Waals surface area contributed by atoms with E-state index in [1.807, 2.05) is 49.4 Å². The molecule has 1 saturated carbocycles. The van der Waals surface area contributed by atoms with Gasteiger partial charge in [0.1, 0.15) is 5.75 Å². The summed E-state index contributed by atoms with van der Waals surface area (Å²) in [6, 6.07) is 16.2. The Morgan fingerprint density at radius 1 is 1.17 bits per heavy atom. The Kier molecular flexibility index (Phi) is 4.70. The van der Waals surface area contributed by atoms with Crippen LogP contribution in [0.4, 0.5) is 0 Å². The zero-order valence-electron chi connectivity index (χ0n) is 14.2. The molecule has 2 aromatic rings. The molecular weight excluding hydrogens is 298 g/mol. The van der Waals surface area contributed by atoms with Crippen molar-refractivity contribution in [2.75, 3.05) is 7.11 Å². The number of amides is 1. The predicted octanol–water partition coefficient (Wildman–Crippen LogP) is 4.21. The van der Waals surface area contributed by atoms with Crippen molar-refractivity contribution in [3.8, 4) is 5.75 Å². The quantitative estimate of drug-likeness (QED) is 0.838. The standard InChI is InChI=1S/C21H23NO2/c1-16-9-11-19(24-2)17(15-16)10-12-20(23)22-21(13-6-14-21)18-7-4-3-5-8-18/h3-5,7-12,15H,6,13-14H2,1-2H3,(H,22,23)/b12-10+. The second kappa shape index (κ2) is 6.91. The maximum atomic E-state index is 12.4. The summed E-state index contributed by atoms with van der Waals surface area (Å²) in [6.45, 7) is 2.02. The number of methoxy groups -OCH3 is 1. The molecule has 3 rings (SSSR count). The summed E-state index contributed by atoms with van der Waals surface area (Å²) >= 11 is 0. The lowest BCUT2D eigenvalue weighted by Crippen LogP contribution is -2.50. The fourth-order valence-corrected chi connectivity index (χ4v) is 3.20. The number of hydrogen-bond donors (Lipinski definition) is 1. The molecular formula is C21H23NO2. The number of hydrogen-bond acceptors (Lipinski definition) is 2. The summed E-state index contributed by atoms with van der Waals surface area (Å²) < 4.78 is 5.35. The average Bonchev–Trinajstić information content (AvgIpc) is 2.57. The van der Waals surface area contributed by atoms with E-state index in [0.717, 1.165) is 36.1 Å². The highest BCUT2D eigenvalue weighted by Crippen LogP contribution is 2.41. The predicted molar refractivity (Wildman–Crippen MR) is 96.9 cm³/mol. The third kappa shape index (κ3) is 3.35. The van der Waals surface area contributed by atoms with Crippen LogP contribution in [0.2, 0.25) is 0 Å². The molecule has 0 spiro atoms. The third-order valence-corrected chi connectivity index (χ3v) is 4.70. The van der Waals surface area contributed by atoms with Gasteiger partial charge in [-0.3, -0.25) is 4.79 Å². The molecule has 0 atom stereocenters. The van der Waals surface area contributed by atoms with Crippen molar-refractivity contribution in [1.29, 1.82) is 0 Å². The molecule has 1 amide bonds. The van der Waals surface area contributed by atoms with E-state index in [0.29, 0.717) is 0 Å². The molecule has 1 fully saturated rings. The molecule has 3 heteroatoms. The van der Waals surface area contributed by atoms with Crippen molar-refractivity contribution in [2.45, 2.75) is 31.7 Å². The first-order chi connectivity index (χ1) is 11.6. The van der Waals surface area contributed by atoms with Gasteiger partial charge in [0.25, 0.3) is 0 Å². The summed E-state index contributed by atoms with van der Waals surface area (Å²) in [7, 11) is 1.64. The zero-order chi connectivity index (χ0) is 17.0. The van der Waals surface area contributed by atoms with Crippen LogP contribution in [0.5, 0.6) is 5.75 Å². The number of carbonyl (C=O) groups is 1. The van der Waals surface area contributed by atoms with Crippen LogP contribution in [0.15, 0.2) is 54.6 Å². The highest BCUT2D eigenvalue weighted by Gasteiger charge is 2.39. The summed E-state index contributed by atoms with van der Waals surface area (Å²) in [5.74, 6) is 0.702. The summed E-state index contributed by atoms with van der Waals surface area (Å²) in [4.78, 5) is 12.4. The van der Waals surface area contributed by atoms with Gasteiger partial charge in [-0.15, -0.1) is 0 Å². The van der Waals surface area contributed by atoms with Gasteiger partial charge >= 0.3 is 0 Å². The van der Waals surface area contributed by atoms with Crippen LogP contribution >= 0.6 is 0 Å². The van der Waals surface area contributed by atoms with Crippen molar-refractivity contribution in [3.63, 3.8) is 0 Å². The molecule has 0 saturated heterocycles. The number of benzene rings is 2. The van der Waals surface area contributed by atoms with Crippen LogP contribution in [0.3, 0.4) is 0 Å². The lowest BCUT2D eigenvalue weighted by Gasteiger charge is -2.42. The molecule has 0 bridgehead atoms. The minimum atomic E-state index is -0.209. The van der Waals surface area contributed by atoms with E-state index < -0.39 is 0 Å². The second-order valence-corrected chi connectivity index (χ2v) is 6.37. The van der Waals surface area contributed by atoms with Gasteiger partial charge in [0.2, 0.25) is 5.91 Å². The lowest BCUT2D eigenvalue weighted by molar-refractivity contribution is -0.119. The van der Waals surface area contributed by atoms with Gasteiger partial charge in [-0.05, 0) is 50.0 Å². The number of ether oxygens (including phenoxy) is 1. The normalized spacial score (nSPS) is 15.8. The number of rotatable bonds is 5. The highest BCUT2D eigenvalue weighted by atomic mass is 16.5. The van der Waals surface area contributed by atoms with E-state index in [2.05, 4.69) is 17.4 Å². The molecule has 124 valence electrons. The van der Waals surface area contributed by atoms with Crippen LogP contribution in [0.25, 0.3) is 6.08 Å². The van der Waals surface area contributed by atoms with E-state index in [1.54, 1.807) is 13.2 Å². The molecule has 0 aromatic heterocycles. The molecule has 0 unspecified atom stereocenters. The average molecular weight is 321 g/mol. The molecule has 2 aromatic carbocycles. The van der Waals surface area contributed by atoms with Crippen molar-refractivity contribution >= 4 is 12.0 Å². The van der Waals surface area contributed by atoms with Gasteiger partial charge in [0.05, 0.1) is 12.6 Å². The minimum absolute atomic E-state index is 0.0675. The maximum Gasteiger partial charge on any atom is 0.244 e. The maximum absolute atomic E-state index is 12.4. The molecule has 0 heterocycles. The fourth-order valence-electron chi connectivity index (χ4n) is 3.20. The largest absolute Gasteiger partial charge is 0.496 e. The summed E-state index contributed by atoms with van der Waals surface area (Å²) in [5.41, 5.74) is 3.02. The smallest absolute Gasteiger partial charge is 0.244 e. The lowest BCUT2D eigenvalue weighted by atomic mass is 9.72. The van der Waals surface area contributed by atoms with Crippen molar-refractivity contribution in [3.05, 3.63) is 71.3 Å². The van der Waals surface area contributed by atoms with Gasteiger partial charge in [0.15, 0.2) is 0 Å². The molecule has 24 heavy (non-hydrogen) atoms. The SMILES string of the molecule is COc1ccc(C)cc1/C=C/C(=O)NC1(c2ccccc2)CCC1.